The van der Waals surface area contributed by atoms with Crippen LogP contribution in [0.5, 0.6) is 0 Å². The Morgan fingerprint density at radius 3 is 3.12 bits per heavy atom. The number of urea groups is 1. The number of hydrogen-bond donors (Lipinski definition) is 1. The van der Waals surface area contributed by atoms with Crippen molar-refractivity contribution in [3.8, 4) is 0 Å². The van der Waals surface area contributed by atoms with E-state index >= 15 is 0 Å². The summed E-state index contributed by atoms with van der Waals surface area (Å²) in [6.45, 7) is 2.74. The molecule has 16 heavy (non-hydrogen) atoms. The summed E-state index contributed by atoms with van der Waals surface area (Å²) in [7, 11) is 0. The summed E-state index contributed by atoms with van der Waals surface area (Å²) >= 11 is 2.70. The van der Waals surface area contributed by atoms with E-state index in [1.54, 1.807) is 12.4 Å². The Balaban J connectivity index is 1.96. The van der Waals surface area contributed by atoms with Gasteiger partial charge in [-0.05, 0) is 6.92 Å². The molecule has 1 aromatic rings. The molecule has 8 heteroatoms. The molecule has 1 saturated heterocycles. The molecule has 0 bridgehead atoms. The predicted molar refractivity (Wildman–Crippen MR) is 60.3 cm³/mol. The Bertz CT molecular complexity index is 395. The molecule has 1 aromatic heterocycles. The third kappa shape index (κ3) is 2.33. The molecule has 1 aliphatic rings. The van der Waals surface area contributed by atoms with Gasteiger partial charge in [0, 0.05) is 13.1 Å². The number of amides is 3. The minimum Gasteiger partial charge on any atom is -0.336 e. The van der Waals surface area contributed by atoms with Crippen molar-refractivity contribution in [2.45, 2.75) is 16.5 Å². The van der Waals surface area contributed by atoms with Crippen molar-refractivity contribution in [3.63, 3.8) is 0 Å². The molecule has 1 N–H and O–H groups in total. The van der Waals surface area contributed by atoms with Crippen LogP contribution in [-0.2, 0) is 4.79 Å². The monoisotopic (exact) mass is 258 g/mol. The Kier molecular flexibility index (Phi) is 3.39. The van der Waals surface area contributed by atoms with E-state index in [1.807, 2.05) is 0 Å². The van der Waals surface area contributed by atoms with Crippen molar-refractivity contribution in [3.05, 3.63) is 5.51 Å². The first kappa shape index (κ1) is 11.3. The number of nitrogens with zero attached hydrogens (tertiary/aromatic N) is 3. The van der Waals surface area contributed by atoms with E-state index in [1.165, 1.54) is 28.0 Å². The summed E-state index contributed by atoms with van der Waals surface area (Å²) in [5.41, 5.74) is 1.61. The maximum atomic E-state index is 11.9. The topological polar surface area (TPSA) is 75.2 Å². The molecule has 0 unspecified atom stereocenters. The molecule has 2 heterocycles. The lowest BCUT2D eigenvalue weighted by molar-refractivity contribution is -0.126. The van der Waals surface area contributed by atoms with Crippen molar-refractivity contribution in [1.29, 1.82) is 0 Å². The first-order chi connectivity index (χ1) is 7.68. The van der Waals surface area contributed by atoms with Crippen molar-refractivity contribution < 1.29 is 9.59 Å². The largest absolute Gasteiger partial charge is 0.336 e. The lowest BCUT2D eigenvalue weighted by atomic mass is 10.4. The van der Waals surface area contributed by atoms with Gasteiger partial charge < -0.3 is 5.32 Å². The molecule has 2 rings (SSSR count). The summed E-state index contributed by atoms with van der Waals surface area (Å²) in [4.78, 5) is 24.4. The molecule has 0 aliphatic carbocycles. The maximum absolute atomic E-state index is 11.9. The van der Waals surface area contributed by atoms with Gasteiger partial charge in [0.05, 0.1) is 5.25 Å². The van der Waals surface area contributed by atoms with Crippen LogP contribution in [-0.4, -0.2) is 45.4 Å². The summed E-state index contributed by atoms with van der Waals surface area (Å²) < 4.78 is 0.737. The van der Waals surface area contributed by atoms with Crippen LogP contribution >= 0.6 is 23.1 Å². The highest BCUT2D eigenvalue weighted by Gasteiger charge is 2.30. The van der Waals surface area contributed by atoms with E-state index < -0.39 is 0 Å². The number of nitrogens with one attached hydrogen (secondary N) is 1. The Morgan fingerprint density at radius 2 is 2.56 bits per heavy atom. The molecule has 0 radical (unpaired) electrons. The highest BCUT2D eigenvalue weighted by Crippen LogP contribution is 2.25. The van der Waals surface area contributed by atoms with E-state index in [-0.39, 0.29) is 17.2 Å². The van der Waals surface area contributed by atoms with E-state index in [0.717, 1.165) is 4.34 Å². The Morgan fingerprint density at radius 1 is 1.75 bits per heavy atom. The SMILES string of the molecule is C[C@H](Sc1nncs1)C(=O)N1CCNC1=O. The lowest BCUT2D eigenvalue weighted by Crippen LogP contribution is -2.38. The quantitative estimate of drug-likeness (QED) is 0.802. The molecule has 0 spiro atoms. The second kappa shape index (κ2) is 4.79. The van der Waals surface area contributed by atoms with Crippen molar-refractivity contribution in [1.82, 2.24) is 20.4 Å². The van der Waals surface area contributed by atoms with Gasteiger partial charge in [-0.2, -0.15) is 0 Å². The fraction of sp³-hybridized carbons (Fsp3) is 0.500. The molecular weight excluding hydrogens is 248 g/mol. The van der Waals surface area contributed by atoms with Gasteiger partial charge in [-0.25, -0.2) is 4.79 Å². The van der Waals surface area contributed by atoms with E-state index in [2.05, 4.69) is 15.5 Å². The second-order valence-electron chi connectivity index (χ2n) is 3.19. The van der Waals surface area contributed by atoms with Crippen molar-refractivity contribution >= 4 is 35.0 Å². The molecule has 6 nitrogen and oxygen atoms in total. The van der Waals surface area contributed by atoms with E-state index in [9.17, 15) is 9.59 Å². The molecule has 3 amide bonds. The number of rotatable bonds is 3. The number of hydrogen-bond acceptors (Lipinski definition) is 6. The van der Waals surface area contributed by atoms with Gasteiger partial charge in [-0.1, -0.05) is 23.1 Å². The van der Waals surface area contributed by atoms with Crippen LogP contribution in [0.15, 0.2) is 9.85 Å². The lowest BCUT2D eigenvalue weighted by Gasteiger charge is -2.16. The van der Waals surface area contributed by atoms with Crippen LogP contribution in [0.3, 0.4) is 0 Å². The van der Waals surface area contributed by atoms with Gasteiger partial charge in [0.1, 0.15) is 5.51 Å². The summed E-state index contributed by atoms with van der Waals surface area (Å²) in [6.07, 6.45) is 0. The minimum atomic E-state index is -0.322. The van der Waals surface area contributed by atoms with Gasteiger partial charge in [0.15, 0.2) is 4.34 Å². The van der Waals surface area contributed by atoms with Gasteiger partial charge in [0.25, 0.3) is 0 Å². The highest BCUT2D eigenvalue weighted by atomic mass is 32.2. The second-order valence-corrected chi connectivity index (χ2v) is 5.61. The van der Waals surface area contributed by atoms with E-state index in [0.29, 0.717) is 13.1 Å². The van der Waals surface area contributed by atoms with Crippen LogP contribution in [0.2, 0.25) is 0 Å². The van der Waals surface area contributed by atoms with Gasteiger partial charge in [-0.15, -0.1) is 10.2 Å². The number of aromatic nitrogens is 2. The first-order valence-corrected chi connectivity index (χ1v) is 6.46. The summed E-state index contributed by atoms with van der Waals surface area (Å²) in [6, 6.07) is -0.310. The molecule has 86 valence electrons. The average molecular weight is 258 g/mol. The average Bonchev–Trinajstić information content (AvgIpc) is 2.88. The summed E-state index contributed by atoms with van der Waals surface area (Å²) in [5, 5.41) is 9.81. The normalized spacial score (nSPS) is 17.3. The summed E-state index contributed by atoms with van der Waals surface area (Å²) in [5.74, 6) is -0.185. The zero-order valence-corrected chi connectivity index (χ0v) is 10.2. The van der Waals surface area contributed by atoms with E-state index in [4.69, 9.17) is 0 Å². The van der Waals surface area contributed by atoms with Crippen molar-refractivity contribution in [2.24, 2.45) is 0 Å². The van der Waals surface area contributed by atoms with Crippen molar-refractivity contribution in [2.75, 3.05) is 13.1 Å². The zero-order chi connectivity index (χ0) is 11.5. The minimum absolute atomic E-state index is 0.185. The maximum Gasteiger partial charge on any atom is 0.324 e. The first-order valence-electron chi connectivity index (χ1n) is 4.70. The Labute approximate surface area is 100 Å². The van der Waals surface area contributed by atoms with Crippen LogP contribution < -0.4 is 5.32 Å². The predicted octanol–water partition coefficient (Wildman–Crippen LogP) is 0.571. The standard InChI is InChI=1S/C8H10N4O2S2/c1-5(16-8-11-10-4-15-8)6(13)12-3-2-9-7(12)14/h4-5H,2-3H2,1H3,(H,9,14)/t5-/m0/s1. The number of carbonyl (C=O) groups is 2. The number of thioether (sulfide) groups is 1. The van der Waals surface area contributed by atoms with Gasteiger partial charge >= 0.3 is 6.03 Å². The molecule has 1 aliphatic heterocycles. The molecular formula is C8H10N4O2S2. The third-order valence-electron chi connectivity index (χ3n) is 2.09. The molecule has 1 fully saturated rings. The number of carbonyl (C=O) groups excluding carboxylic acids is 2. The zero-order valence-electron chi connectivity index (χ0n) is 8.54. The molecule has 0 saturated carbocycles. The van der Waals surface area contributed by atoms with Crippen LogP contribution in [0.1, 0.15) is 6.92 Å². The van der Waals surface area contributed by atoms with Crippen LogP contribution in [0, 0.1) is 0 Å². The molecule has 1 atom stereocenters. The third-order valence-corrected chi connectivity index (χ3v) is 3.99. The Hall–Kier alpha value is -1.15. The smallest absolute Gasteiger partial charge is 0.324 e. The fourth-order valence-electron chi connectivity index (χ4n) is 1.32. The van der Waals surface area contributed by atoms with Gasteiger partial charge in [-0.3, -0.25) is 9.69 Å². The van der Waals surface area contributed by atoms with Crippen LogP contribution in [0.25, 0.3) is 0 Å². The van der Waals surface area contributed by atoms with Gasteiger partial charge in [0.2, 0.25) is 5.91 Å². The molecule has 0 aromatic carbocycles. The van der Waals surface area contributed by atoms with Crippen LogP contribution in [0.4, 0.5) is 4.79 Å². The highest BCUT2D eigenvalue weighted by molar-refractivity contribution is 8.02. The fourth-order valence-corrected chi connectivity index (χ4v) is 3.01. The number of imide groups is 1.